The lowest BCUT2D eigenvalue weighted by Crippen LogP contribution is -2.16. The maximum absolute atomic E-state index is 13.2. The van der Waals surface area contributed by atoms with Gasteiger partial charge in [-0.05, 0) is 31.2 Å². The number of aromatic nitrogens is 2. The molecule has 0 aliphatic carbocycles. The highest BCUT2D eigenvalue weighted by molar-refractivity contribution is 7.89. The van der Waals surface area contributed by atoms with Crippen molar-refractivity contribution in [2.24, 2.45) is 5.14 Å². The molecule has 0 radical (unpaired) electrons. The van der Waals surface area contributed by atoms with Crippen LogP contribution in [0.25, 0.3) is 16.9 Å². The van der Waals surface area contributed by atoms with Crippen molar-refractivity contribution in [3.8, 4) is 16.9 Å². The van der Waals surface area contributed by atoms with Gasteiger partial charge in [0.05, 0.1) is 11.4 Å². The first-order valence-electron chi connectivity index (χ1n) is 7.44. The molecule has 0 unspecified atom stereocenters. The number of hydrogen-bond donors (Lipinski definition) is 1. The van der Waals surface area contributed by atoms with Crippen molar-refractivity contribution < 1.29 is 21.6 Å². The highest BCUT2D eigenvalue weighted by atomic mass is 32.2. The number of nitrogens with two attached hydrogens (primary N) is 1. The SMILES string of the molecule is Cc1cccc(-c2cc(C(F)(F)F)nn2-c2ccccc2S(N)(=O)=O)c1. The number of benzene rings is 2. The van der Waals surface area contributed by atoms with Crippen molar-refractivity contribution in [2.75, 3.05) is 0 Å². The summed E-state index contributed by atoms with van der Waals surface area (Å²) in [4.78, 5) is -0.314. The average molecular weight is 381 g/mol. The molecule has 2 N–H and O–H groups in total. The zero-order valence-corrected chi connectivity index (χ0v) is 14.3. The van der Waals surface area contributed by atoms with Gasteiger partial charge in [0.15, 0.2) is 5.69 Å². The van der Waals surface area contributed by atoms with Gasteiger partial charge in [-0.2, -0.15) is 18.3 Å². The lowest BCUT2D eigenvalue weighted by atomic mass is 10.1. The number of aryl methyl sites for hydroxylation is 1. The van der Waals surface area contributed by atoms with Gasteiger partial charge < -0.3 is 0 Å². The van der Waals surface area contributed by atoms with E-state index in [0.717, 1.165) is 16.3 Å². The van der Waals surface area contributed by atoms with Gasteiger partial charge >= 0.3 is 6.18 Å². The molecule has 9 heteroatoms. The van der Waals surface area contributed by atoms with Gasteiger partial charge in [0.25, 0.3) is 0 Å². The van der Waals surface area contributed by atoms with E-state index in [4.69, 9.17) is 5.14 Å². The lowest BCUT2D eigenvalue weighted by Gasteiger charge is -2.11. The van der Waals surface area contributed by atoms with E-state index < -0.39 is 21.9 Å². The van der Waals surface area contributed by atoms with Gasteiger partial charge in [0, 0.05) is 5.56 Å². The van der Waals surface area contributed by atoms with Crippen LogP contribution in [0, 0.1) is 6.92 Å². The summed E-state index contributed by atoms with van der Waals surface area (Å²) in [6, 6.07) is 13.2. The van der Waals surface area contributed by atoms with E-state index in [9.17, 15) is 21.6 Å². The van der Waals surface area contributed by atoms with E-state index in [1.807, 2.05) is 0 Å². The Hall–Kier alpha value is -2.65. The Kier molecular flexibility index (Phi) is 4.37. The third-order valence-corrected chi connectivity index (χ3v) is 4.67. The van der Waals surface area contributed by atoms with Crippen LogP contribution in [0.4, 0.5) is 13.2 Å². The highest BCUT2D eigenvalue weighted by Gasteiger charge is 2.35. The molecule has 5 nitrogen and oxygen atoms in total. The first-order valence-corrected chi connectivity index (χ1v) is 8.98. The number of sulfonamides is 1. The fourth-order valence-corrected chi connectivity index (χ4v) is 3.30. The molecule has 1 aromatic heterocycles. The second kappa shape index (κ2) is 6.26. The van der Waals surface area contributed by atoms with Crippen LogP contribution in [0.1, 0.15) is 11.3 Å². The molecule has 0 fully saturated rings. The molecule has 3 rings (SSSR count). The molecule has 1 heterocycles. The first-order chi connectivity index (χ1) is 12.1. The summed E-state index contributed by atoms with van der Waals surface area (Å²) in [5.41, 5.74) is 0.234. The van der Waals surface area contributed by atoms with Gasteiger partial charge in [0.1, 0.15) is 4.90 Å². The predicted octanol–water partition coefficient (Wildman–Crippen LogP) is 3.51. The zero-order valence-electron chi connectivity index (χ0n) is 13.5. The van der Waals surface area contributed by atoms with E-state index in [2.05, 4.69) is 5.10 Å². The van der Waals surface area contributed by atoms with Crippen LogP contribution < -0.4 is 5.14 Å². The smallest absolute Gasteiger partial charge is 0.231 e. The van der Waals surface area contributed by atoms with Gasteiger partial charge in [-0.15, -0.1) is 0 Å². The Balaban J connectivity index is 2.34. The van der Waals surface area contributed by atoms with Crippen molar-refractivity contribution in [2.45, 2.75) is 18.0 Å². The van der Waals surface area contributed by atoms with Crippen molar-refractivity contribution in [3.05, 3.63) is 65.9 Å². The standard InChI is InChI=1S/C17H14F3N3O2S/c1-11-5-4-6-12(9-11)14-10-16(17(18,19)20)22-23(14)13-7-2-3-8-15(13)26(21,24)25/h2-10H,1H3,(H2,21,24,25). The van der Waals surface area contributed by atoms with Gasteiger partial charge in [-0.1, -0.05) is 35.9 Å². The largest absolute Gasteiger partial charge is 0.435 e. The third kappa shape index (κ3) is 3.49. The Morgan fingerprint density at radius 2 is 1.73 bits per heavy atom. The topological polar surface area (TPSA) is 78.0 Å². The molecule has 0 aliphatic rings. The van der Waals surface area contributed by atoms with Crippen LogP contribution in [-0.2, 0) is 16.2 Å². The molecular weight excluding hydrogens is 367 g/mol. The van der Waals surface area contributed by atoms with Crippen molar-refractivity contribution >= 4 is 10.0 Å². The molecule has 136 valence electrons. The molecule has 0 atom stereocenters. The van der Waals surface area contributed by atoms with Crippen LogP contribution in [0.3, 0.4) is 0 Å². The summed E-state index contributed by atoms with van der Waals surface area (Å²) in [5, 5.41) is 8.81. The molecular formula is C17H14F3N3O2S. The number of alkyl halides is 3. The summed E-state index contributed by atoms with van der Waals surface area (Å²) in [5.74, 6) is 0. The number of halogens is 3. The summed E-state index contributed by atoms with van der Waals surface area (Å²) in [6.07, 6.45) is -4.68. The number of primary sulfonamides is 1. The zero-order chi connectivity index (χ0) is 19.1. The maximum atomic E-state index is 13.2. The van der Waals surface area contributed by atoms with Crippen LogP contribution in [0.2, 0.25) is 0 Å². The second-order valence-electron chi connectivity index (χ2n) is 5.71. The highest BCUT2D eigenvalue weighted by Crippen LogP contribution is 2.34. The van der Waals surface area contributed by atoms with Gasteiger partial charge in [-0.3, -0.25) is 0 Å². The molecule has 2 aromatic carbocycles. The summed E-state index contributed by atoms with van der Waals surface area (Å²) in [6.45, 7) is 1.80. The molecule has 0 saturated carbocycles. The Morgan fingerprint density at radius 3 is 2.35 bits per heavy atom. The minimum Gasteiger partial charge on any atom is -0.231 e. The third-order valence-electron chi connectivity index (χ3n) is 3.71. The Morgan fingerprint density at radius 1 is 1.04 bits per heavy atom. The minimum absolute atomic E-state index is 0.0537. The monoisotopic (exact) mass is 381 g/mol. The molecule has 26 heavy (non-hydrogen) atoms. The molecule has 0 spiro atoms. The summed E-state index contributed by atoms with van der Waals surface area (Å²) < 4.78 is 64.3. The number of rotatable bonds is 3. The summed E-state index contributed by atoms with van der Waals surface area (Å²) >= 11 is 0. The van der Waals surface area contributed by atoms with Crippen molar-refractivity contribution in [1.82, 2.24) is 9.78 Å². The normalized spacial score (nSPS) is 12.3. The number of hydrogen-bond acceptors (Lipinski definition) is 3. The number of nitrogens with zero attached hydrogens (tertiary/aromatic N) is 2. The maximum Gasteiger partial charge on any atom is 0.435 e. The fourth-order valence-electron chi connectivity index (χ4n) is 2.59. The van der Waals surface area contributed by atoms with Crippen LogP contribution in [-0.4, -0.2) is 18.2 Å². The molecule has 3 aromatic rings. The van der Waals surface area contributed by atoms with E-state index >= 15 is 0 Å². The second-order valence-corrected chi connectivity index (χ2v) is 7.24. The van der Waals surface area contributed by atoms with Gasteiger partial charge in [0.2, 0.25) is 10.0 Å². The van der Waals surface area contributed by atoms with Crippen molar-refractivity contribution in [1.29, 1.82) is 0 Å². The van der Waals surface area contributed by atoms with Crippen LogP contribution in [0.15, 0.2) is 59.5 Å². The lowest BCUT2D eigenvalue weighted by molar-refractivity contribution is -0.141. The molecule has 0 saturated heterocycles. The van der Waals surface area contributed by atoms with E-state index in [-0.39, 0.29) is 16.3 Å². The molecule has 0 aliphatic heterocycles. The molecule has 0 bridgehead atoms. The molecule has 0 amide bonds. The van der Waals surface area contributed by atoms with E-state index in [0.29, 0.717) is 5.56 Å². The Labute approximate surface area is 147 Å². The van der Waals surface area contributed by atoms with E-state index in [1.54, 1.807) is 31.2 Å². The van der Waals surface area contributed by atoms with Gasteiger partial charge in [-0.25, -0.2) is 18.2 Å². The average Bonchev–Trinajstić information content (AvgIpc) is 2.99. The van der Waals surface area contributed by atoms with Crippen LogP contribution >= 0.6 is 0 Å². The first kappa shape index (κ1) is 18.2. The van der Waals surface area contributed by atoms with Crippen molar-refractivity contribution in [3.63, 3.8) is 0 Å². The van der Waals surface area contributed by atoms with E-state index in [1.165, 1.54) is 24.3 Å². The van der Waals surface area contributed by atoms with Crippen LogP contribution in [0.5, 0.6) is 0 Å². The Bertz CT molecular complexity index is 1070. The predicted molar refractivity (Wildman–Crippen MR) is 90.1 cm³/mol. The fraction of sp³-hybridized carbons (Fsp3) is 0.118. The number of para-hydroxylation sites is 1. The minimum atomic E-state index is -4.68. The summed E-state index contributed by atoms with van der Waals surface area (Å²) in [7, 11) is -4.16. The quantitative estimate of drug-likeness (QED) is 0.754.